The van der Waals surface area contributed by atoms with Crippen molar-refractivity contribution < 1.29 is 0 Å². The predicted molar refractivity (Wildman–Crippen MR) is 601 cm³/mol. The van der Waals surface area contributed by atoms with Crippen LogP contribution >= 0.6 is 0 Å². The number of para-hydroxylation sites is 2. The third-order valence-corrected chi connectivity index (χ3v) is 29.6. The highest BCUT2D eigenvalue weighted by atomic mass is 15.2. The van der Waals surface area contributed by atoms with E-state index in [1.807, 2.05) is 0 Å². The molecule has 0 unspecified atom stereocenters. The molecule has 0 amide bonds. The van der Waals surface area contributed by atoms with Crippen LogP contribution in [0.2, 0.25) is 0 Å². The topological polar surface area (TPSA) is 9.72 Å². The van der Waals surface area contributed by atoms with E-state index in [-0.39, 0.29) is 10.8 Å². The summed E-state index contributed by atoms with van der Waals surface area (Å²) in [5, 5.41) is 7.50. The first kappa shape index (κ1) is 87.0. The molecule has 0 heterocycles. The fourth-order valence-electron chi connectivity index (χ4n) is 22.7. The smallest absolute Gasteiger partial charge is 0.0714 e. The summed E-state index contributed by atoms with van der Waals surface area (Å²) in [5.74, 6) is 0. The molecule has 3 nitrogen and oxygen atoms in total. The van der Waals surface area contributed by atoms with Crippen molar-refractivity contribution in [2.45, 2.75) is 43.9 Å². The maximum Gasteiger partial charge on any atom is 0.0714 e. The quantitative estimate of drug-likeness (QED) is 0.0900. The Morgan fingerprint density at radius 3 is 0.944 bits per heavy atom. The zero-order valence-corrected chi connectivity index (χ0v) is 79.9. The van der Waals surface area contributed by atoms with Gasteiger partial charge in [0.1, 0.15) is 0 Å². The second-order valence-electron chi connectivity index (χ2n) is 38.5. The van der Waals surface area contributed by atoms with E-state index in [2.05, 4.69) is 594 Å². The molecule has 0 atom stereocenters. The van der Waals surface area contributed by atoms with Gasteiger partial charge in [0.15, 0.2) is 0 Å². The van der Waals surface area contributed by atoms with Crippen molar-refractivity contribution in [1.82, 2.24) is 0 Å². The molecule has 3 aliphatic rings. The molecule has 0 spiro atoms. The zero-order chi connectivity index (χ0) is 95.3. The minimum Gasteiger partial charge on any atom is -0.310 e. The third kappa shape index (κ3) is 15.7. The van der Waals surface area contributed by atoms with Crippen LogP contribution in [0.25, 0.3) is 132 Å². The first-order chi connectivity index (χ1) is 70.0. The van der Waals surface area contributed by atoms with Gasteiger partial charge in [0, 0.05) is 61.9 Å². The van der Waals surface area contributed by atoms with Crippen molar-refractivity contribution in [3.05, 3.63) is 597 Å². The molecule has 0 aromatic heterocycles. The van der Waals surface area contributed by atoms with Crippen molar-refractivity contribution in [3.63, 3.8) is 0 Å². The van der Waals surface area contributed by atoms with Gasteiger partial charge in [-0.25, -0.2) is 0 Å². The summed E-state index contributed by atoms with van der Waals surface area (Å²) in [7, 11) is 0. The zero-order valence-electron chi connectivity index (χ0n) is 79.9. The standard InChI is InChI=1S/C53H37N.C49H37N.C37H29N/c1-4-14-38(15-5-1)40-26-30-46(31-27-40)54(47-32-28-41(29-33-47)43-25-24-39-16-10-11-17-42(39)36-43)48-34-35-50-49-22-12-13-23-51(49)53(52(50)37-48,44-18-6-2-7-19-44)45-20-8-3-9-21-45;1-49(2)46-25-15-14-23-41(46)42-31-30-39(32-47(42)49)50(37-20-10-5-11-21-37)38-28-26-35(27-29-38)45-33-44(34-16-6-3-7-17-34)40-22-12-13-24-43(40)48(45)36-18-8-4-9-19-36;1-37(2)34-20-12-11-19-31(34)32-22-21-30(25-35(32)37)38(29-17-7-4-8-18-29)36-24-28-16-10-9-15-27(28)23-33(36)26-13-5-3-6-14-26/h1-37H;3-33H,1-2H3;3-25H,1-2H3. The Bertz CT molecular complexity index is 8540. The largest absolute Gasteiger partial charge is 0.310 e. The second kappa shape index (κ2) is 37.0. The van der Waals surface area contributed by atoms with Gasteiger partial charge in [-0.05, 0) is 293 Å². The lowest BCUT2D eigenvalue weighted by molar-refractivity contribution is 0.660. The summed E-state index contributed by atoms with van der Waals surface area (Å²) in [5.41, 5.74) is 42.8. The molecule has 0 radical (unpaired) electrons. The van der Waals surface area contributed by atoms with Gasteiger partial charge in [0.05, 0.1) is 11.1 Å². The van der Waals surface area contributed by atoms with E-state index in [0.29, 0.717) is 0 Å². The Kier molecular flexibility index (Phi) is 22.6. The number of benzene rings is 23. The molecule has 26 rings (SSSR count). The maximum atomic E-state index is 2.44. The monoisotopic (exact) mass is 1810 g/mol. The van der Waals surface area contributed by atoms with Crippen LogP contribution in [0.5, 0.6) is 0 Å². The lowest BCUT2D eigenvalue weighted by Gasteiger charge is -2.35. The molecule has 3 aliphatic carbocycles. The van der Waals surface area contributed by atoms with E-state index in [0.717, 1.165) is 39.8 Å². The third-order valence-electron chi connectivity index (χ3n) is 29.6. The maximum absolute atomic E-state index is 2.44. The van der Waals surface area contributed by atoms with Gasteiger partial charge >= 0.3 is 0 Å². The number of fused-ring (bicyclic) bond motifs is 12. The van der Waals surface area contributed by atoms with Crippen LogP contribution in [-0.2, 0) is 16.2 Å². The van der Waals surface area contributed by atoms with E-state index >= 15 is 0 Å². The Hall–Kier alpha value is -17.8. The molecule has 0 saturated carbocycles. The second-order valence-corrected chi connectivity index (χ2v) is 38.5. The van der Waals surface area contributed by atoms with Gasteiger partial charge in [-0.3, -0.25) is 0 Å². The SMILES string of the molecule is CC1(C)c2ccccc2-c2ccc(N(c3ccccc3)c3cc4ccccc4cc3-c3ccccc3)cc21.CC1(C)c2ccccc2-c2ccc(N(c3ccccc3)c3ccc(-c4cc(-c5ccccc5)c5ccccc5c4-c4ccccc4)cc3)cc21.c1ccc(-c2ccc(N(c3ccc(-c4ccc5ccccc5c4)cc3)c3ccc4c(c3)C(c3ccccc3)(c3ccccc3)c3ccccc3-4)cc2)cc1. The molecular weight excluding hydrogens is 1710 g/mol. The van der Waals surface area contributed by atoms with Crippen LogP contribution in [0.4, 0.5) is 51.2 Å². The molecule has 23 aromatic rings. The average Bonchev–Trinajstić information content (AvgIpc) is 1.53. The molecule has 674 valence electrons. The minimum absolute atomic E-state index is 0.0596. The number of rotatable bonds is 17. The molecule has 0 saturated heterocycles. The van der Waals surface area contributed by atoms with Gasteiger partial charge in [0.25, 0.3) is 0 Å². The summed E-state index contributed by atoms with van der Waals surface area (Å²) in [6.07, 6.45) is 0. The van der Waals surface area contributed by atoms with Gasteiger partial charge in [-0.15, -0.1) is 0 Å². The normalized spacial score (nSPS) is 12.8. The van der Waals surface area contributed by atoms with Crippen molar-refractivity contribution in [1.29, 1.82) is 0 Å². The van der Waals surface area contributed by atoms with Crippen LogP contribution in [0.3, 0.4) is 0 Å². The first-order valence-corrected chi connectivity index (χ1v) is 49.4. The summed E-state index contributed by atoms with van der Waals surface area (Å²) < 4.78 is 0. The molecule has 0 aliphatic heterocycles. The number of nitrogens with zero attached hydrogens (tertiary/aromatic N) is 3. The average molecular weight is 1820 g/mol. The number of hydrogen-bond donors (Lipinski definition) is 0. The molecule has 23 aromatic carbocycles. The molecule has 0 bridgehead atoms. The fraction of sp³-hybridized carbons (Fsp3) is 0.0504. The van der Waals surface area contributed by atoms with E-state index in [9.17, 15) is 0 Å². The summed E-state index contributed by atoms with van der Waals surface area (Å²) in [6, 6.07) is 201. The summed E-state index contributed by atoms with van der Waals surface area (Å²) in [6.45, 7) is 9.39. The van der Waals surface area contributed by atoms with Gasteiger partial charge < -0.3 is 14.7 Å². The van der Waals surface area contributed by atoms with Crippen LogP contribution in [0.15, 0.2) is 552 Å². The highest BCUT2D eigenvalue weighted by Crippen LogP contribution is 2.59. The van der Waals surface area contributed by atoms with Gasteiger partial charge in [0.2, 0.25) is 0 Å². The highest BCUT2D eigenvalue weighted by Gasteiger charge is 2.47. The fourth-order valence-corrected chi connectivity index (χ4v) is 22.7. The number of anilines is 9. The van der Waals surface area contributed by atoms with Crippen molar-refractivity contribution in [2.75, 3.05) is 14.7 Å². The van der Waals surface area contributed by atoms with Crippen LogP contribution in [0.1, 0.15) is 72.2 Å². The van der Waals surface area contributed by atoms with Crippen LogP contribution in [-0.4, -0.2) is 0 Å². The van der Waals surface area contributed by atoms with Gasteiger partial charge in [-0.1, -0.05) is 458 Å². The van der Waals surface area contributed by atoms with E-state index < -0.39 is 5.41 Å². The molecule has 142 heavy (non-hydrogen) atoms. The Morgan fingerprint density at radius 2 is 0.451 bits per heavy atom. The van der Waals surface area contributed by atoms with E-state index in [1.54, 1.807) is 0 Å². The Balaban J connectivity index is 0.000000117. The van der Waals surface area contributed by atoms with E-state index in [1.165, 1.54) is 188 Å². The molecule has 0 fully saturated rings. The highest BCUT2D eigenvalue weighted by molar-refractivity contribution is 6.11. The summed E-state index contributed by atoms with van der Waals surface area (Å²) in [4.78, 5) is 7.22. The lowest BCUT2D eigenvalue weighted by atomic mass is 9.67. The molecule has 0 N–H and O–H groups in total. The van der Waals surface area contributed by atoms with Crippen LogP contribution in [0, 0.1) is 0 Å². The molecule has 3 heteroatoms. The van der Waals surface area contributed by atoms with Crippen molar-refractivity contribution in [2.24, 2.45) is 0 Å². The minimum atomic E-state index is -0.479. The summed E-state index contributed by atoms with van der Waals surface area (Å²) >= 11 is 0. The Morgan fingerprint density at radius 1 is 0.148 bits per heavy atom. The van der Waals surface area contributed by atoms with Gasteiger partial charge in [-0.2, -0.15) is 0 Å². The van der Waals surface area contributed by atoms with E-state index in [4.69, 9.17) is 0 Å². The lowest BCUT2D eigenvalue weighted by Crippen LogP contribution is -2.28. The predicted octanol–water partition coefficient (Wildman–Crippen LogP) is 37.9. The van der Waals surface area contributed by atoms with Crippen LogP contribution < -0.4 is 14.7 Å². The first-order valence-electron chi connectivity index (χ1n) is 49.4. The number of hydrogen-bond acceptors (Lipinski definition) is 3. The molecular formula is C139H103N3. The van der Waals surface area contributed by atoms with Crippen molar-refractivity contribution >= 4 is 83.5 Å². The Labute approximate surface area is 832 Å². The van der Waals surface area contributed by atoms with Crippen molar-refractivity contribution in [3.8, 4) is 100 Å².